The van der Waals surface area contributed by atoms with Gasteiger partial charge in [0.05, 0.1) is 12.8 Å². The molecule has 1 heterocycles. The first-order valence-corrected chi connectivity index (χ1v) is 8.86. The van der Waals surface area contributed by atoms with Crippen molar-refractivity contribution in [1.82, 2.24) is 5.43 Å². The van der Waals surface area contributed by atoms with Crippen LogP contribution in [0, 0.1) is 5.92 Å². The van der Waals surface area contributed by atoms with Gasteiger partial charge in [-0.1, -0.05) is 33.6 Å². The van der Waals surface area contributed by atoms with Gasteiger partial charge in [-0.2, -0.15) is 5.10 Å². The molecule has 0 saturated carbocycles. The SMILES string of the molecule is CCCCCc1c(OC)ccc2c1NC(=O)/C2=N\NC(=O)CC(C)C. The third-order valence-electron chi connectivity index (χ3n) is 4.11. The number of methoxy groups -OCH3 is 1. The standard InChI is InChI=1S/C19H27N3O3/c1-5-6-7-8-13-15(25-4)10-9-14-17(13)20-19(24)18(14)22-21-16(23)11-12(2)3/h9-10,12H,5-8,11H2,1-4H3,(H,21,23)(H,20,22,24). The van der Waals surface area contributed by atoms with Crippen molar-refractivity contribution in [2.24, 2.45) is 11.0 Å². The highest BCUT2D eigenvalue weighted by Crippen LogP contribution is 2.35. The average Bonchev–Trinajstić information content (AvgIpc) is 2.88. The Hall–Kier alpha value is -2.37. The number of hydrogen-bond donors (Lipinski definition) is 2. The summed E-state index contributed by atoms with van der Waals surface area (Å²) in [5, 5.41) is 6.94. The normalized spacial score (nSPS) is 14.6. The fourth-order valence-electron chi connectivity index (χ4n) is 2.90. The Morgan fingerprint density at radius 3 is 2.72 bits per heavy atom. The predicted octanol–water partition coefficient (Wildman–Crippen LogP) is 3.25. The van der Waals surface area contributed by atoms with Crippen molar-refractivity contribution in [2.45, 2.75) is 52.9 Å². The summed E-state index contributed by atoms with van der Waals surface area (Å²) < 4.78 is 5.45. The Balaban J connectivity index is 2.28. The van der Waals surface area contributed by atoms with E-state index in [1.54, 1.807) is 7.11 Å². The van der Waals surface area contributed by atoms with E-state index in [0.717, 1.165) is 42.7 Å². The molecular weight excluding hydrogens is 318 g/mol. The fourth-order valence-corrected chi connectivity index (χ4v) is 2.90. The van der Waals surface area contributed by atoms with Gasteiger partial charge in [-0.15, -0.1) is 0 Å². The lowest BCUT2D eigenvalue weighted by molar-refractivity contribution is -0.121. The molecule has 0 fully saturated rings. The van der Waals surface area contributed by atoms with E-state index in [4.69, 9.17) is 4.74 Å². The number of rotatable bonds is 8. The van der Waals surface area contributed by atoms with E-state index in [-0.39, 0.29) is 23.4 Å². The molecule has 25 heavy (non-hydrogen) atoms. The van der Waals surface area contributed by atoms with Crippen molar-refractivity contribution in [3.05, 3.63) is 23.3 Å². The molecule has 1 aromatic carbocycles. The maximum atomic E-state index is 12.3. The smallest absolute Gasteiger partial charge is 0.276 e. The van der Waals surface area contributed by atoms with Crippen LogP contribution in [0.5, 0.6) is 5.75 Å². The number of anilines is 1. The number of hydrazone groups is 1. The number of nitrogens with one attached hydrogen (secondary N) is 2. The number of carbonyl (C=O) groups is 2. The Morgan fingerprint density at radius 1 is 1.32 bits per heavy atom. The van der Waals surface area contributed by atoms with Gasteiger partial charge in [0.1, 0.15) is 5.75 Å². The van der Waals surface area contributed by atoms with Gasteiger partial charge < -0.3 is 10.1 Å². The summed E-state index contributed by atoms with van der Waals surface area (Å²) in [5.41, 5.74) is 5.17. The van der Waals surface area contributed by atoms with Crippen LogP contribution < -0.4 is 15.5 Å². The summed E-state index contributed by atoms with van der Waals surface area (Å²) in [7, 11) is 1.63. The van der Waals surface area contributed by atoms with Gasteiger partial charge in [-0.3, -0.25) is 9.59 Å². The molecule has 1 aliphatic rings. The predicted molar refractivity (Wildman–Crippen MR) is 99.0 cm³/mol. The molecule has 0 bridgehead atoms. The Morgan fingerprint density at radius 2 is 2.08 bits per heavy atom. The lowest BCUT2D eigenvalue weighted by Crippen LogP contribution is -2.24. The number of amides is 2. The fraction of sp³-hybridized carbons (Fsp3) is 0.526. The van der Waals surface area contributed by atoms with Crippen LogP contribution >= 0.6 is 0 Å². The summed E-state index contributed by atoms with van der Waals surface area (Å²) in [5.74, 6) is 0.504. The third kappa shape index (κ3) is 4.59. The summed E-state index contributed by atoms with van der Waals surface area (Å²) in [4.78, 5) is 24.1. The highest BCUT2D eigenvalue weighted by atomic mass is 16.5. The van der Waals surface area contributed by atoms with Crippen LogP contribution in [0.2, 0.25) is 0 Å². The molecule has 136 valence electrons. The first kappa shape index (κ1) is 19.0. The number of unbranched alkanes of at least 4 members (excludes halogenated alkanes) is 2. The summed E-state index contributed by atoms with van der Waals surface area (Å²) in [6.45, 7) is 6.07. The van der Waals surface area contributed by atoms with Crippen LogP contribution in [0.4, 0.5) is 5.69 Å². The molecule has 1 aromatic rings. The molecule has 6 nitrogen and oxygen atoms in total. The van der Waals surface area contributed by atoms with E-state index in [0.29, 0.717) is 12.0 Å². The van der Waals surface area contributed by atoms with Crippen LogP contribution in [-0.2, 0) is 16.0 Å². The average molecular weight is 345 g/mol. The molecule has 0 atom stereocenters. The van der Waals surface area contributed by atoms with Crippen molar-refractivity contribution in [3.63, 3.8) is 0 Å². The zero-order valence-electron chi connectivity index (χ0n) is 15.4. The maximum Gasteiger partial charge on any atom is 0.276 e. The number of hydrogen-bond acceptors (Lipinski definition) is 4. The molecule has 1 aliphatic heterocycles. The van der Waals surface area contributed by atoms with Crippen molar-refractivity contribution in [1.29, 1.82) is 0 Å². The number of benzene rings is 1. The van der Waals surface area contributed by atoms with Crippen LogP contribution in [0.1, 0.15) is 57.6 Å². The van der Waals surface area contributed by atoms with Crippen LogP contribution in [0.25, 0.3) is 0 Å². The van der Waals surface area contributed by atoms with Crippen LogP contribution in [0.3, 0.4) is 0 Å². The minimum Gasteiger partial charge on any atom is -0.496 e. The van der Waals surface area contributed by atoms with Gasteiger partial charge in [0.25, 0.3) is 5.91 Å². The highest BCUT2D eigenvalue weighted by Gasteiger charge is 2.30. The summed E-state index contributed by atoms with van der Waals surface area (Å²) in [6.07, 6.45) is 4.46. The first-order valence-electron chi connectivity index (χ1n) is 8.86. The summed E-state index contributed by atoms with van der Waals surface area (Å²) >= 11 is 0. The molecule has 2 rings (SSSR count). The number of fused-ring (bicyclic) bond motifs is 1. The Kier molecular flexibility index (Phi) is 6.56. The zero-order chi connectivity index (χ0) is 18.4. The Labute approximate surface area is 149 Å². The second-order valence-electron chi connectivity index (χ2n) is 6.67. The van der Waals surface area contributed by atoms with Gasteiger partial charge in [0.15, 0.2) is 5.71 Å². The van der Waals surface area contributed by atoms with E-state index in [1.807, 2.05) is 26.0 Å². The van der Waals surface area contributed by atoms with Crippen molar-refractivity contribution < 1.29 is 14.3 Å². The van der Waals surface area contributed by atoms with Crippen LogP contribution in [0.15, 0.2) is 17.2 Å². The lowest BCUT2D eigenvalue weighted by atomic mass is 10.00. The van der Waals surface area contributed by atoms with Crippen LogP contribution in [-0.4, -0.2) is 24.6 Å². The number of carbonyl (C=O) groups excluding carboxylic acids is 2. The largest absolute Gasteiger partial charge is 0.496 e. The van der Waals surface area contributed by atoms with Gasteiger partial charge in [0, 0.05) is 17.5 Å². The van der Waals surface area contributed by atoms with E-state index >= 15 is 0 Å². The third-order valence-corrected chi connectivity index (χ3v) is 4.11. The number of nitrogens with zero attached hydrogens (tertiary/aromatic N) is 1. The van der Waals surface area contributed by atoms with E-state index < -0.39 is 0 Å². The summed E-state index contributed by atoms with van der Waals surface area (Å²) in [6, 6.07) is 3.66. The topological polar surface area (TPSA) is 79.8 Å². The molecule has 0 spiro atoms. The van der Waals surface area contributed by atoms with Crippen molar-refractivity contribution in [3.8, 4) is 5.75 Å². The maximum absolute atomic E-state index is 12.3. The molecular formula is C19H27N3O3. The lowest BCUT2D eigenvalue weighted by Gasteiger charge is -2.12. The molecule has 0 aliphatic carbocycles. The van der Waals surface area contributed by atoms with Gasteiger partial charge >= 0.3 is 0 Å². The molecule has 6 heteroatoms. The van der Waals surface area contributed by atoms with E-state index in [1.165, 1.54) is 0 Å². The first-order chi connectivity index (χ1) is 12.0. The molecule has 0 aromatic heterocycles. The number of ether oxygens (including phenoxy) is 1. The van der Waals surface area contributed by atoms with Gasteiger partial charge in [-0.25, -0.2) is 5.43 Å². The minimum absolute atomic E-state index is 0.194. The molecule has 0 radical (unpaired) electrons. The monoisotopic (exact) mass is 345 g/mol. The molecule has 0 saturated heterocycles. The highest BCUT2D eigenvalue weighted by molar-refractivity contribution is 6.54. The van der Waals surface area contributed by atoms with Gasteiger partial charge in [-0.05, 0) is 30.9 Å². The quantitative estimate of drug-likeness (QED) is 0.561. The van der Waals surface area contributed by atoms with Gasteiger partial charge in [0.2, 0.25) is 5.91 Å². The Bertz CT molecular complexity index is 681. The van der Waals surface area contributed by atoms with E-state index in [2.05, 4.69) is 22.8 Å². The molecule has 2 amide bonds. The second-order valence-corrected chi connectivity index (χ2v) is 6.67. The van der Waals surface area contributed by atoms with Crippen molar-refractivity contribution >= 4 is 23.2 Å². The molecule has 0 unspecified atom stereocenters. The van der Waals surface area contributed by atoms with E-state index in [9.17, 15) is 9.59 Å². The van der Waals surface area contributed by atoms with Crippen molar-refractivity contribution in [2.75, 3.05) is 12.4 Å². The minimum atomic E-state index is -0.301. The zero-order valence-corrected chi connectivity index (χ0v) is 15.4. The molecule has 2 N–H and O–H groups in total. The second kappa shape index (κ2) is 8.65.